The number of rotatable bonds is 5. The predicted molar refractivity (Wildman–Crippen MR) is 96.7 cm³/mol. The summed E-state index contributed by atoms with van der Waals surface area (Å²) >= 11 is 0. The average molecular weight is 338 g/mol. The molecule has 1 aliphatic rings. The number of amides is 2. The number of benzene rings is 2. The Balaban J connectivity index is 1.69. The second kappa shape index (κ2) is 7.83. The minimum atomic E-state index is -0.669. The van der Waals surface area contributed by atoms with Crippen molar-refractivity contribution in [2.75, 3.05) is 18.4 Å². The molecule has 1 fully saturated rings. The summed E-state index contributed by atoms with van der Waals surface area (Å²) in [7, 11) is 0. The summed E-state index contributed by atoms with van der Waals surface area (Å²) < 4.78 is 5.64. The largest absolute Gasteiger partial charge is 0.481 e. The maximum absolute atomic E-state index is 12.7. The van der Waals surface area contributed by atoms with Gasteiger partial charge in [0.15, 0.2) is 6.10 Å². The minimum absolute atomic E-state index is 0.0370. The Kier molecular flexibility index (Phi) is 5.33. The van der Waals surface area contributed by atoms with Crippen LogP contribution in [0.1, 0.15) is 30.1 Å². The number of ether oxygens (including phenoxy) is 1. The zero-order valence-electron chi connectivity index (χ0n) is 14.3. The summed E-state index contributed by atoms with van der Waals surface area (Å²) in [4.78, 5) is 26.9. The van der Waals surface area contributed by atoms with Crippen LogP contribution in [0.4, 0.5) is 5.69 Å². The van der Waals surface area contributed by atoms with Gasteiger partial charge in [-0.15, -0.1) is 0 Å². The van der Waals surface area contributed by atoms with Crippen molar-refractivity contribution >= 4 is 17.5 Å². The van der Waals surface area contributed by atoms with E-state index < -0.39 is 6.10 Å². The van der Waals surface area contributed by atoms with Crippen molar-refractivity contribution in [3.63, 3.8) is 0 Å². The molecule has 0 unspecified atom stereocenters. The highest BCUT2D eigenvalue weighted by Gasteiger charge is 2.23. The number of carbonyl (C=O) groups is 2. The summed E-state index contributed by atoms with van der Waals surface area (Å²) in [5, 5.41) is 2.82. The summed E-state index contributed by atoms with van der Waals surface area (Å²) in [6.45, 7) is 3.23. The molecule has 3 rings (SSSR count). The molecule has 2 aromatic rings. The third-order valence-corrected chi connectivity index (χ3v) is 4.23. The number of hydrogen-bond acceptors (Lipinski definition) is 3. The summed E-state index contributed by atoms with van der Waals surface area (Å²) in [5.41, 5.74) is 1.04. The fourth-order valence-electron chi connectivity index (χ4n) is 2.86. The lowest BCUT2D eigenvalue weighted by atomic mass is 10.1. The first-order valence-corrected chi connectivity index (χ1v) is 8.56. The van der Waals surface area contributed by atoms with Crippen molar-refractivity contribution in [1.29, 1.82) is 0 Å². The molecule has 1 heterocycles. The Morgan fingerprint density at radius 3 is 2.36 bits per heavy atom. The van der Waals surface area contributed by atoms with E-state index in [9.17, 15) is 9.59 Å². The van der Waals surface area contributed by atoms with Gasteiger partial charge in [0.2, 0.25) is 0 Å². The fourth-order valence-corrected chi connectivity index (χ4v) is 2.86. The number of hydrogen-bond donors (Lipinski definition) is 1. The lowest BCUT2D eigenvalue weighted by Crippen LogP contribution is -2.32. The van der Waals surface area contributed by atoms with E-state index in [1.807, 2.05) is 29.2 Å². The van der Waals surface area contributed by atoms with Gasteiger partial charge in [0, 0.05) is 13.1 Å². The molecule has 0 radical (unpaired) electrons. The van der Waals surface area contributed by atoms with Crippen LogP contribution in [0.2, 0.25) is 0 Å². The molecule has 130 valence electrons. The normalized spacial score (nSPS) is 14.8. The van der Waals surface area contributed by atoms with Crippen molar-refractivity contribution in [1.82, 2.24) is 4.90 Å². The zero-order valence-corrected chi connectivity index (χ0v) is 14.3. The molecule has 2 aromatic carbocycles. The van der Waals surface area contributed by atoms with Gasteiger partial charge < -0.3 is 15.0 Å². The van der Waals surface area contributed by atoms with Crippen molar-refractivity contribution in [3.8, 4) is 5.75 Å². The topological polar surface area (TPSA) is 58.6 Å². The maximum Gasteiger partial charge on any atom is 0.265 e. The SMILES string of the molecule is C[C@@H](Oc1ccccc1)C(=O)Nc1ccccc1C(=O)N1CCCC1. The summed E-state index contributed by atoms with van der Waals surface area (Å²) in [5.74, 6) is 0.308. The number of anilines is 1. The molecular formula is C20H22N2O3. The van der Waals surface area contributed by atoms with E-state index in [0.717, 1.165) is 25.9 Å². The molecule has 5 nitrogen and oxygen atoms in total. The Labute approximate surface area is 147 Å². The minimum Gasteiger partial charge on any atom is -0.481 e. The zero-order chi connectivity index (χ0) is 17.6. The van der Waals surface area contributed by atoms with Gasteiger partial charge in [-0.05, 0) is 44.0 Å². The first kappa shape index (κ1) is 17.0. The van der Waals surface area contributed by atoms with Crippen LogP contribution in [0.15, 0.2) is 54.6 Å². The molecule has 1 atom stereocenters. The predicted octanol–water partition coefficient (Wildman–Crippen LogP) is 3.33. The molecule has 1 aliphatic heterocycles. The van der Waals surface area contributed by atoms with Crippen LogP contribution in [0, 0.1) is 0 Å². The average Bonchev–Trinajstić information content (AvgIpc) is 3.17. The third kappa shape index (κ3) is 4.18. The quantitative estimate of drug-likeness (QED) is 0.910. The van der Waals surface area contributed by atoms with Gasteiger partial charge >= 0.3 is 0 Å². The van der Waals surface area contributed by atoms with Crippen molar-refractivity contribution in [2.45, 2.75) is 25.9 Å². The Hall–Kier alpha value is -2.82. The van der Waals surface area contributed by atoms with Gasteiger partial charge in [0.25, 0.3) is 11.8 Å². The number of para-hydroxylation sites is 2. The van der Waals surface area contributed by atoms with Crippen LogP contribution in [-0.2, 0) is 4.79 Å². The summed E-state index contributed by atoms with van der Waals surface area (Å²) in [6, 6.07) is 16.3. The first-order valence-electron chi connectivity index (χ1n) is 8.56. The number of carbonyl (C=O) groups excluding carboxylic acids is 2. The van der Waals surface area contributed by atoms with Crippen LogP contribution in [-0.4, -0.2) is 35.9 Å². The van der Waals surface area contributed by atoms with Crippen LogP contribution in [0.5, 0.6) is 5.75 Å². The molecule has 1 N–H and O–H groups in total. The molecule has 1 saturated heterocycles. The molecule has 5 heteroatoms. The fraction of sp³-hybridized carbons (Fsp3) is 0.300. The Bertz CT molecular complexity index is 740. The Morgan fingerprint density at radius 1 is 1.00 bits per heavy atom. The molecule has 0 aliphatic carbocycles. The molecule has 0 aromatic heterocycles. The number of likely N-dealkylation sites (tertiary alicyclic amines) is 1. The first-order chi connectivity index (χ1) is 12.1. The second-order valence-corrected chi connectivity index (χ2v) is 6.11. The van der Waals surface area contributed by atoms with E-state index in [-0.39, 0.29) is 11.8 Å². The number of nitrogens with zero attached hydrogens (tertiary/aromatic N) is 1. The summed E-state index contributed by atoms with van der Waals surface area (Å²) in [6.07, 6.45) is 1.39. The third-order valence-electron chi connectivity index (χ3n) is 4.23. The number of nitrogens with one attached hydrogen (secondary N) is 1. The maximum atomic E-state index is 12.7. The van der Waals surface area contributed by atoms with Gasteiger partial charge in [0.05, 0.1) is 11.3 Å². The van der Waals surface area contributed by atoms with Gasteiger partial charge in [0.1, 0.15) is 5.75 Å². The highest BCUT2D eigenvalue weighted by molar-refractivity contribution is 6.04. The monoisotopic (exact) mass is 338 g/mol. The second-order valence-electron chi connectivity index (χ2n) is 6.11. The molecule has 2 amide bonds. The highest BCUT2D eigenvalue weighted by Crippen LogP contribution is 2.21. The van der Waals surface area contributed by atoms with E-state index in [4.69, 9.17) is 4.74 Å². The van der Waals surface area contributed by atoms with Crippen LogP contribution < -0.4 is 10.1 Å². The van der Waals surface area contributed by atoms with Crippen molar-refractivity contribution in [3.05, 3.63) is 60.2 Å². The van der Waals surface area contributed by atoms with E-state index in [0.29, 0.717) is 17.0 Å². The standard InChI is InChI=1S/C20H22N2O3/c1-15(25-16-9-3-2-4-10-16)19(23)21-18-12-6-5-11-17(18)20(24)22-13-7-8-14-22/h2-6,9-12,15H,7-8,13-14H2,1H3,(H,21,23)/t15-/m1/s1. The molecule has 0 spiro atoms. The van der Waals surface area contributed by atoms with Gasteiger partial charge in [-0.2, -0.15) is 0 Å². The van der Waals surface area contributed by atoms with E-state index in [1.54, 1.807) is 37.3 Å². The van der Waals surface area contributed by atoms with Crippen LogP contribution in [0.25, 0.3) is 0 Å². The lowest BCUT2D eigenvalue weighted by Gasteiger charge is -2.19. The highest BCUT2D eigenvalue weighted by atomic mass is 16.5. The van der Waals surface area contributed by atoms with E-state index in [1.165, 1.54) is 0 Å². The van der Waals surface area contributed by atoms with Crippen LogP contribution >= 0.6 is 0 Å². The van der Waals surface area contributed by atoms with E-state index in [2.05, 4.69) is 5.32 Å². The molecule has 25 heavy (non-hydrogen) atoms. The van der Waals surface area contributed by atoms with Crippen LogP contribution in [0.3, 0.4) is 0 Å². The van der Waals surface area contributed by atoms with Crippen molar-refractivity contribution in [2.24, 2.45) is 0 Å². The van der Waals surface area contributed by atoms with Gasteiger partial charge in [-0.25, -0.2) is 0 Å². The smallest absolute Gasteiger partial charge is 0.265 e. The molecule has 0 bridgehead atoms. The van der Waals surface area contributed by atoms with Gasteiger partial charge in [-0.1, -0.05) is 30.3 Å². The lowest BCUT2D eigenvalue weighted by molar-refractivity contribution is -0.122. The van der Waals surface area contributed by atoms with E-state index >= 15 is 0 Å². The molecule has 0 saturated carbocycles. The van der Waals surface area contributed by atoms with Gasteiger partial charge in [-0.3, -0.25) is 9.59 Å². The Morgan fingerprint density at radius 2 is 1.64 bits per heavy atom. The van der Waals surface area contributed by atoms with Crippen molar-refractivity contribution < 1.29 is 14.3 Å². The molecular weight excluding hydrogens is 316 g/mol.